The first-order chi connectivity index (χ1) is 14.8. The van der Waals surface area contributed by atoms with Crippen molar-refractivity contribution >= 4 is 40.5 Å². The summed E-state index contributed by atoms with van der Waals surface area (Å²) in [7, 11) is 1.18. The molecule has 0 saturated carbocycles. The minimum absolute atomic E-state index is 0.00116. The highest BCUT2D eigenvalue weighted by molar-refractivity contribution is 6.41. The summed E-state index contributed by atoms with van der Waals surface area (Å²) in [6.45, 7) is 0. The molecule has 0 aliphatic rings. The van der Waals surface area contributed by atoms with Crippen molar-refractivity contribution in [1.29, 1.82) is 0 Å². The fourth-order valence-corrected chi connectivity index (χ4v) is 3.99. The van der Waals surface area contributed by atoms with Gasteiger partial charge >= 0.3 is 5.97 Å². The van der Waals surface area contributed by atoms with Crippen LogP contribution >= 0.6 is 23.2 Å². The van der Waals surface area contributed by atoms with Gasteiger partial charge in [-0.25, -0.2) is 13.6 Å². The predicted octanol–water partition coefficient (Wildman–Crippen LogP) is 6.21. The predicted molar refractivity (Wildman–Crippen MR) is 114 cm³/mol. The fourth-order valence-electron chi connectivity index (χ4n) is 3.42. The molecule has 0 bridgehead atoms. The number of ketones is 1. The van der Waals surface area contributed by atoms with E-state index in [0.29, 0.717) is 0 Å². The number of pyridine rings is 1. The second kappa shape index (κ2) is 8.13. The van der Waals surface area contributed by atoms with E-state index in [0.717, 1.165) is 6.07 Å². The smallest absolute Gasteiger partial charge is 0.337 e. The van der Waals surface area contributed by atoms with Crippen LogP contribution < -0.4 is 0 Å². The maximum absolute atomic E-state index is 14.9. The van der Waals surface area contributed by atoms with Crippen LogP contribution in [0.15, 0.2) is 60.8 Å². The molecule has 0 N–H and O–H groups in total. The highest BCUT2D eigenvalue weighted by Crippen LogP contribution is 2.35. The summed E-state index contributed by atoms with van der Waals surface area (Å²) in [5.74, 6) is -2.68. The van der Waals surface area contributed by atoms with Crippen LogP contribution in [0.4, 0.5) is 8.78 Å². The number of halogens is 4. The van der Waals surface area contributed by atoms with Crippen molar-refractivity contribution < 1.29 is 23.1 Å². The van der Waals surface area contributed by atoms with E-state index in [9.17, 15) is 18.4 Å². The summed E-state index contributed by atoms with van der Waals surface area (Å²) in [6, 6.07) is 12.3. The van der Waals surface area contributed by atoms with Crippen LogP contribution in [0.3, 0.4) is 0 Å². The zero-order chi connectivity index (χ0) is 22.3. The Kier molecular flexibility index (Phi) is 5.52. The van der Waals surface area contributed by atoms with Gasteiger partial charge < -0.3 is 9.14 Å². The molecule has 0 radical (unpaired) electrons. The van der Waals surface area contributed by atoms with Gasteiger partial charge in [0.25, 0.3) is 0 Å². The van der Waals surface area contributed by atoms with Crippen LogP contribution in [0.25, 0.3) is 16.6 Å². The third-order valence-corrected chi connectivity index (χ3v) is 5.47. The van der Waals surface area contributed by atoms with Gasteiger partial charge in [0.05, 0.1) is 39.5 Å². The van der Waals surface area contributed by atoms with Crippen molar-refractivity contribution in [2.45, 2.75) is 0 Å². The van der Waals surface area contributed by atoms with Crippen molar-refractivity contribution in [2.75, 3.05) is 7.11 Å². The highest BCUT2D eigenvalue weighted by atomic mass is 35.5. The minimum atomic E-state index is -0.770. The van der Waals surface area contributed by atoms with Gasteiger partial charge in [-0.3, -0.25) is 4.79 Å². The number of fused-ring (bicyclic) bond motifs is 1. The molecule has 0 atom stereocenters. The molecular weight excluding hydrogens is 447 g/mol. The van der Waals surface area contributed by atoms with Gasteiger partial charge in [-0.2, -0.15) is 0 Å². The van der Waals surface area contributed by atoms with Crippen LogP contribution in [0.1, 0.15) is 26.4 Å². The second-order valence-corrected chi connectivity index (χ2v) is 7.44. The summed E-state index contributed by atoms with van der Waals surface area (Å²) in [6.07, 6.45) is 1.49. The Balaban J connectivity index is 1.95. The number of benzene rings is 2. The first kappa shape index (κ1) is 21.0. The molecule has 2 aromatic heterocycles. The highest BCUT2D eigenvalue weighted by Gasteiger charge is 2.24. The van der Waals surface area contributed by atoms with Gasteiger partial charge in [-0.05, 0) is 42.5 Å². The zero-order valence-corrected chi connectivity index (χ0v) is 17.5. The van der Waals surface area contributed by atoms with Crippen molar-refractivity contribution in [3.05, 3.63) is 99.3 Å². The number of nitrogens with zero attached hydrogens (tertiary/aromatic N) is 1. The molecule has 0 amide bonds. The lowest BCUT2D eigenvalue weighted by atomic mass is 10.0. The Morgan fingerprint density at radius 2 is 1.61 bits per heavy atom. The third-order valence-electron chi connectivity index (χ3n) is 4.84. The Bertz CT molecular complexity index is 1340. The maximum Gasteiger partial charge on any atom is 0.337 e. The number of esters is 1. The van der Waals surface area contributed by atoms with Gasteiger partial charge in [0.2, 0.25) is 5.78 Å². The van der Waals surface area contributed by atoms with Crippen LogP contribution in [-0.4, -0.2) is 23.3 Å². The van der Waals surface area contributed by atoms with Crippen LogP contribution in [0.5, 0.6) is 0 Å². The topological polar surface area (TPSA) is 47.8 Å². The maximum atomic E-state index is 14.9. The molecule has 0 aliphatic heterocycles. The van der Waals surface area contributed by atoms with E-state index in [1.54, 1.807) is 6.07 Å². The van der Waals surface area contributed by atoms with Gasteiger partial charge in [0.1, 0.15) is 11.6 Å². The molecule has 4 rings (SSSR count). The number of aromatic nitrogens is 1. The average Bonchev–Trinajstić information content (AvgIpc) is 3.13. The van der Waals surface area contributed by atoms with Crippen LogP contribution in [0, 0.1) is 11.6 Å². The van der Waals surface area contributed by atoms with Crippen LogP contribution in [0.2, 0.25) is 10.0 Å². The first-order valence-electron chi connectivity index (χ1n) is 9.00. The number of hydrogen-bond acceptors (Lipinski definition) is 3. The lowest BCUT2D eigenvalue weighted by Crippen LogP contribution is -2.07. The SMILES string of the molecule is COC(=O)c1ccc(-c2cc(C(=O)c3c(Cl)cccc3Cl)n3cccc(F)c23)c(F)c1. The summed E-state index contributed by atoms with van der Waals surface area (Å²) in [4.78, 5) is 24.9. The lowest BCUT2D eigenvalue weighted by Gasteiger charge is -2.07. The summed E-state index contributed by atoms with van der Waals surface area (Å²) in [5, 5.41) is 0.276. The normalized spacial score (nSPS) is 11.0. The molecule has 4 nitrogen and oxygen atoms in total. The quantitative estimate of drug-likeness (QED) is 0.269. The molecule has 2 heterocycles. The number of methoxy groups -OCH3 is 1. The van der Waals surface area contributed by atoms with E-state index in [1.165, 1.54) is 60.2 Å². The molecule has 0 fully saturated rings. The van der Waals surface area contributed by atoms with E-state index in [2.05, 4.69) is 4.74 Å². The largest absolute Gasteiger partial charge is 0.465 e. The van der Waals surface area contributed by atoms with Crippen molar-refractivity contribution in [3.8, 4) is 11.1 Å². The average molecular weight is 460 g/mol. The van der Waals surface area contributed by atoms with E-state index in [-0.39, 0.29) is 43.5 Å². The Morgan fingerprint density at radius 1 is 0.903 bits per heavy atom. The Morgan fingerprint density at radius 3 is 2.26 bits per heavy atom. The molecule has 0 unspecified atom stereocenters. The number of carbonyl (C=O) groups excluding carboxylic acids is 2. The summed E-state index contributed by atoms with van der Waals surface area (Å²) in [5.41, 5.74) is 0.266. The number of hydrogen-bond donors (Lipinski definition) is 0. The molecule has 156 valence electrons. The summed E-state index contributed by atoms with van der Waals surface area (Å²) >= 11 is 12.3. The molecule has 0 saturated heterocycles. The number of rotatable bonds is 4. The summed E-state index contributed by atoms with van der Waals surface area (Å²) < 4.78 is 35.6. The van der Waals surface area contributed by atoms with Gasteiger partial charge in [0, 0.05) is 17.3 Å². The van der Waals surface area contributed by atoms with Crippen LogP contribution in [-0.2, 0) is 4.74 Å². The Hall–Kier alpha value is -3.22. The first-order valence-corrected chi connectivity index (χ1v) is 9.75. The van der Waals surface area contributed by atoms with Gasteiger partial charge in [-0.1, -0.05) is 35.3 Å². The minimum Gasteiger partial charge on any atom is -0.465 e. The van der Waals surface area contributed by atoms with E-state index in [1.807, 2.05) is 0 Å². The molecule has 0 spiro atoms. The number of ether oxygens (including phenoxy) is 1. The molecule has 0 aliphatic carbocycles. The van der Waals surface area contributed by atoms with E-state index >= 15 is 0 Å². The van der Waals surface area contributed by atoms with Crippen molar-refractivity contribution in [2.24, 2.45) is 0 Å². The Labute approximate surface area is 185 Å². The molecule has 4 aromatic rings. The zero-order valence-electron chi connectivity index (χ0n) is 16.0. The monoisotopic (exact) mass is 459 g/mol. The fraction of sp³-hybridized carbons (Fsp3) is 0.0435. The van der Waals surface area contributed by atoms with Gasteiger partial charge in [0.15, 0.2) is 0 Å². The third kappa shape index (κ3) is 3.58. The van der Waals surface area contributed by atoms with Gasteiger partial charge in [-0.15, -0.1) is 0 Å². The standard InChI is InChI=1S/C23H13Cl2F2NO3/c1-31-23(30)12-7-8-13(18(27)10-12)14-11-19(28-9-3-6-17(26)21(14)28)22(29)20-15(24)4-2-5-16(20)25/h2-11H,1H3. The molecule has 8 heteroatoms. The number of carbonyl (C=O) groups is 2. The van der Waals surface area contributed by atoms with Crippen molar-refractivity contribution in [3.63, 3.8) is 0 Å². The van der Waals surface area contributed by atoms with E-state index in [4.69, 9.17) is 23.2 Å². The molecular formula is C23H13Cl2F2NO3. The van der Waals surface area contributed by atoms with E-state index < -0.39 is 23.4 Å². The molecule has 2 aromatic carbocycles. The van der Waals surface area contributed by atoms with Crippen molar-refractivity contribution in [1.82, 2.24) is 4.40 Å². The second-order valence-electron chi connectivity index (χ2n) is 6.63. The lowest BCUT2D eigenvalue weighted by molar-refractivity contribution is 0.0600. The molecule has 31 heavy (non-hydrogen) atoms.